The van der Waals surface area contributed by atoms with Crippen molar-refractivity contribution in [3.8, 4) is 0 Å². The normalized spacial score (nSPS) is 11.8. The second kappa shape index (κ2) is 13.8. The number of carbonyl (C=O) groups excluding carboxylic acids is 3. The SMILES string of the molecule is CC(Sc1ccc(NC(=O)/C(=C/c2ccccc2Cl)NC(=O)c2ccccc2)cc1)C(=O)Nc1ccc(Cl)cc1. The predicted molar refractivity (Wildman–Crippen MR) is 164 cm³/mol. The summed E-state index contributed by atoms with van der Waals surface area (Å²) in [5.41, 5.74) is 2.22. The molecule has 3 amide bonds. The third kappa shape index (κ3) is 8.23. The molecule has 0 fully saturated rings. The van der Waals surface area contributed by atoms with Crippen LogP contribution in [0.1, 0.15) is 22.8 Å². The topological polar surface area (TPSA) is 87.3 Å². The van der Waals surface area contributed by atoms with E-state index in [9.17, 15) is 14.4 Å². The third-order valence-electron chi connectivity index (χ3n) is 5.64. The zero-order chi connectivity index (χ0) is 28.5. The number of benzene rings is 4. The van der Waals surface area contributed by atoms with E-state index in [4.69, 9.17) is 23.2 Å². The van der Waals surface area contributed by atoms with E-state index in [1.165, 1.54) is 17.8 Å². The van der Waals surface area contributed by atoms with Gasteiger partial charge in [-0.05, 0) is 85.3 Å². The summed E-state index contributed by atoms with van der Waals surface area (Å²) in [6, 6.07) is 29.6. The molecule has 4 aromatic carbocycles. The maximum atomic E-state index is 13.2. The highest BCUT2D eigenvalue weighted by Crippen LogP contribution is 2.26. The number of hydrogen-bond donors (Lipinski definition) is 3. The molecule has 0 saturated heterocycles. The van der Waals surface area contributed by atoms with Crippen molar-refractivity contribution in [2.75, 3.05) is 10.6 Å². The molecule has 0 spiro atoms. The average molecular weight is 591 g/mol. The van der Waals surface area contributed by atoms with Crippen LogP contribution in [0.2, 0.25) is 10.0 Å². The molecule has 0 aliphatic carbocycles. The fraction of sp³-hybridized carbons (Fsp3) is 0.0645. The van der Waals surface area contributed by atoms with E-state index in [1.54, 1.807) is 91.0 Å². The molecule has 0 heterocycles. The Bertz CT molecular complexity index is 1530. The lowest BCUT2D eigenvalue weighted by atomic mass is 10.1. The number of hydrogen-bond acceptors (Lipinski definition) is 4. The van der Waals surface area contributed by atoms with Crippen molar-refractivity contribution in [2.45, 2.75) is 17.1 Å². The van der Waals surface area contributed by atoms with Crippen molar-refractivity contribution in [1.29, 1.82) is 0 Å². The monoisotopic (exact) mass is 589 g/mol. The van der Waals surface area contributed by atoms with Crippen LogP contribution in [0, 0.1) is 0 Å². The molecule has 1 unspecified atom stereocenters. The first-order chi connectivity index (χ1) is 19.3. The van der Waals surface area contributed by atoms with E-state index in [0.717, 1.165) is 4.90 Å². The van der Waals surface area contributed by atoms with E-state index in [-0.39, 0.29) is 16.9 Å². The van der Waals surface area contributed by atoms with Crippen LogP contribution in [-0.4, -0.2) is 23.0 Å². The van der Waals surface area contributed by atoms with Crippen molar-refractivity contribution < 1.29 is 14.4 Å². The Morgan fingerprint density at radius 1 is 0.750 bits per heavy atom. The Morgan fingerprint density at radius 2 is 1.35 bits per heavy atom. The fourth-order valence-electron chi connectivity index (χ4n) is 3.54. The second-order valence-corrected chi connectivity index (χ2v) is 10.9. The maximum Gasteiger partial charge on any atom is 0.272 e. The Morgan fingerprint density at radius 3 is 2.02 bits per heavy atom. The number of thioether (sulfide) groups is 1. The van der Waals surface area contributed by atoms with Gasteiger partial charge >= 0.3 is 0 Å². The molecule has 0 bridgehead atoms. The van der Waals surface area contributed by atoms with Crippen LogP contribution >= 0.6 is 35.0 Å². The van der Waals surface area contributed by atoms with Crippen LogP contribution < -0.4 is 16.0 Å². The van der Waals surface area contributed by atoms with Gasteiger partial charge in [0.25, 0.3) is 11.8 Å². The molecule has 0 aliphatic heterocycles. The zero-order valence-corrected chi connectivity index (χ0v) is 23.7. The number of nitrogens with one attached hydrogen (secondary N) is 3. The fourth-order valence-corrected chi connectivity index (χ4v) is 4.72. The maximum absolute atomic E-state index is 13.2. The standard InChI is InChI=1S/C31H25Cl2N3O3S/c1-20(29(37)34-24-13-11-23(32)12-14-24)40-26-17-15-25(16-18-26)35-31(39)28(19-22-9-5-6-10-27(22)33)36-30(38)21-7-3-2-4-8-21/h2-20H,1H3,(H,34,37)(H,35,39)(H,36,38)/b28-19-. The molecule has 3 N–H and O–H groups in total. The number of rotatable bonds is 9. The molecule has 0 aromatic heterocycles. The summed E-state index contributed by atoms with van der Waals surface area (Å²) in [7, 11) is 0. The average Bonchev–Trinajstić information content (AvgIpc) is 2.96. The van der Waals surface area contributed by atoms with Gasteiger partial charge in [-0.1, -0.05) is 59.6 Å². The Kier molecular flexibility index (Phi) is 10.0. The summed E-state index contributed by atoms with van der Waals surface area (Å²) in [4.78, 5) is 39.5. The van der Waals surface area contributed by atoms with Crippen LogP contribution in [0.3, 0.4) is 0 Å². The van der Waals surface area contributed by atoms with Crippen molar-refractivity contribution in [3.05, 3.63) is 130 Å². The molecule has 0 saturated carbocycles. The summed E-state index contributed by atoms with van der Waals surface area (Å²) < 4.78 is 0. The van der Waals surface area contributed by atoms with E-state index in [1.807, 2.05) is 19.1 Å². The highest BCUT2D eigenvalue weighted by atomic mass is 35.5. The molecule has 4 aromatic rings. The molecule has 0 aliphatic rings. The van der Waals surface area contributed by atoms with Crippen LogP contribution in [0.15, 0.2) is 114 Å². The minimum Gasteiger partial charge on any atom is -0.325 e. The van der Waals surface area contributed by atoms with Gasteiger partial charge in [0.05, 0.1) is 5.25 Å². The zero-order valence-electron chi connectivity index (χ0n) is 21.4. The summed E-state index contributed by atoms with van der Waals surface area (Å²) in [5.74, 6) is -1.08. The number of anilines is 2. The summed E-state index contributed by atoms with van der Waals surface area (Å²) >= 11 is 13.6. The van der Waals surface area contributed by atoms with Gasteiger partial charge in [0.1, 0.15) is 5.70 Å². The minimum absolute atomic E-state index is 0.0351. The lowest BCUT2D eigenvalue weighted by molar-refractivity contribution is -0.115. The molecular formula is C31H25Cl2N3O3S. The minimum atomic E-state index is -0.514. The first-order valence-electron chi connectivity index (χ1n) is 12.3. The van der Waals surface area contributed by atoms with Gasteiger partial charge in [-0.25, -0.2) is 0 Å². The van der Waals surface area contributed by atoms with Gasteiger partial charge in [-0.3, -0.25) is 14.4 Å². The second-order valence-electron chi connectivity index (χ2n) is 8.63. The van der Waals surface area contributed by atoms with Gasteiger partial charge in [-0.2, -0.15) is 0 Å². The predicted octanol–water partition coefficient (Wildman–Crippen LogP) is 7.52. The molecule has 0 radical (unpaired) electrons. The Labute approximate surface area is 246 Å². The first kappa shape index (κ1) is 29.0. The van der Waals surface area contributed by atoms with Crippen molar-refractivity contribution in [3.63, 3.8) is 0 Å². The van der Waals surface area contributed by atoms with Gasteiger partial charge in [0, 0.05) is 31.9 Å². The van der Waals surface area contributed by atoms with Crippen molar-refractivity contribution in [1.82, 2.24) is 5.32 Å². The van der Waals surface area contributed by atoms with E-state index < -0.39 is 11.8 Å². The largest absolute Gasteiger partial charge is 0.325 e. The highest BCUT2D eigenvalue weighted by molar-refractivity contribution is 8.00. The number of amides is 3. The molecule has 4 rings (SSSR count). The molecule has 9 heteroatoms. The van der Waals surface area contributed by atoms with E-state index >= 15 is 0 Å². The van der Waals surface area contributed by atoms with Crippen LogP contribution in [0.5, 0.6) is 0 Å². The molecular weight excluding hydrogens is 565 g/mol. The molecule has 6 nitrogen and oxygen atoms in total. The quantitative estimate of drug-likeness (QED) is 0.139. The number of carbonyl (C=O) groups is 3. The molecule has 40 heavy (non-hydrogen) atoms. The third-order valence-corrected chi connectivity index (χ3v) is 7.35. The van der Waals surface area contributed by atoms with Crippen molar-refractivity contribution >= 4 is 70.1 Å². The number of halogens is 2. The van der Waals surface area contributed by atoms with Crippen LogP contribution in [-0.2, 0) is 9.59 Å². The smallest absolute Gasteiger partial charge is 0.272 e. The highest BCUT2D eigenvalue weighted by Gasteiger charge is 2.17. The van der Waals surface area contributed by atoms with E-state index in [2.05, 4.69) is 16.0 Å². The molecule has 202 valence electrons. The van der Waals surface area contributed by atoms with Crippen molar-refractivity contribution in [2.24, 2.45) is 0 Å². The first-order valence-corrected chi connectivity index (χ1v) is 13.9. The lowest BCUT2D eigenvalue weighted by Gasteiger charge is -2.14. The van der Waals surface area contributed by atoms with Gasteiger partial charge in [0.2, 0.25) is 5.91 Å². The molecule has 1 atom stereocenters. The summed E-state index contributed by atoms with van der Waals surface area (Å²) in [6.45, 7) is 1.81. The van der Waals surface area contributed by atoms with E-state index in [0.29, 0.717) is 32.5 Å². The van der Waals surface area contributed by atoms with Gasteiger partial charge in [-0.15, -0.1) is 11.8 Å². The van der Waals surface area contributed by atoms with Crippen LogP contribution in [0.4, 0.5) is 11.4 Å². The summed E-state index contributed by atoms with van der Waals surface area (Å²) in [6.07, 6.45) is 1.53. The Hall–Kier alpha value is -4.04. The van der Waals surface area contributed by atoms with Gasteiger partial charge in [0.15, 0.2) is 0 Å². The summed E-state index contributed by atoms with van der Waals surface area (Å²) in [5, 5.41) is 9.05. The van der Waals surface area contributed by atoms with Gasteiger partial charge < -0.3 is 16.0 Å². The Balaban J connectivity index is 1.43. The van der Waals surface area contributed by atoms with Crippen LogP contribution in [0.25, 0.3) is 6.08 Å². The lowest BCUT2D eigenvalue weighted by Crippen LogP contribution is -2.30.